The van der Waals surface area contributed by atoms with Crippen LogP contribution in [0.4, 0.5) is 4.39 Å². The van der Waals surface area contributed by atoms with Crippen LogP contribution in [0.3, 0.4) is 0 Å². The highest BCUT2D eigenvalue weighted by Gasteiger charge is 2.14. The van der Waals surface area contributed by atoms with E-state index in [1.54, 1.807) is 0 Å². The molecule has 1 atom stereocenters. The van der Waals surface area contributed by atoms with Crippen LogP contribution in [0.1, 0.15) is 19.8 Å². The lowest BCUT2D eigenvalue weighted by atomic mass is 10.2. The maximum absolute atomic E-state index is 12.9. The normalized spacial score (nSPS) is 13.6. The predicted molar refractivity (Wildman–Crippen MR) is 64.5 cm³/mol. The summed E-state index contributed by atoms with van der Waals surface area (Å²) in [5.41, 5.74) is 5.67. The summed E-state index contributed by atoms with van der Waals surface area (Å²) in [7, 11) is -3.63. The topological polar surface area (TPSA) is 72.2 Å². The van der Waals surface area contributed by atoms with E-state index in [1.807, 2.05) is 6.92 Å². The van der Waals surface area contributed by atoms with Crippen molar-refractivity contribution in [2.24, 2.45) is 5.73 Å². The highest BCUT2D eigenvalue weighted by atomic mass is 32.2. The Morgan fingerprint density at radius 2 is 2.18 bits per heavy atom. The van der Waals surface area contributed by atoms with Gasteiger partial charge in [-0.1, -0.05) is 13.0 Å². The van der Waals surface area contributed by atoms with Crippen LogP contribution in [-0.2, 0) is 10.0 Å². The van der Waals surface area contributed by atoms with Gasteiger partial charge in [0, 0.05) is 12.6 Å². The second kappa shape index (κ2) is 6.09. The first kappa shape index (κ1) is 14.1. The van der Waals surface area contributed by atoms with Crippen LogP contribution in [0.15, 0.2) is 29.2 Å². The Morgan fingerprint density at radius 1 is 1.47 bits per heavy atom. The lowest BCUT2D eigenvalue weighted by Gasteiger charge is -2.10. The van der Waals surface area contributed by atoms with E-state index in [0.29, 0.717) is 6.42 Å². The van der Waals surface area contributed by atoms with E-state index >= 15 is 0 Å². The number of hydrogen-bond acceptors (Lipinski definition) is 3. The van der Waals surface area contributed by atoms with E-state index in [1.165, 1.54) is 18.2 Å². The van der Waals surface area contributed by atoms with Crippen molar-refractivity contribution in [1.82, 2.24) is 4.72 Å². The Hall–Kier alpha value is -0.980. The highest BCUT2D eigenvalue weighted by molar-refractivity contribution is 7.89. The molecule has 0 aliphatic carbocycles. The molecule has 0 saturated carbocycles. The summed E-state index contributed by atoms with van der Waals surface area (Å²) in [6.45, 7) is 2.19. The predicted octanol–water partition coefficient (Wildman–Crippen LogP) is 1.23. The minimum Gasteiger partial charge on any atom is -0.328 e. The van der Waals surface area contributed by atoms with Crippen molar-refractivity contribution in [3.05, 3.63) is 30.1 Å². The molecule has 6 heteroatoms. The maximum Gasteiger partial charge on any atom is 0.240 e. The first-order chi connectivity index (χ1) is 7.95. The third kappa shape index (κ3) is 4.41. The van der Waals surface area contributed by atoms with Crippen LogP contribution < -0.4 is 10.5 Å². The molecule has 0 radical (unpaired) electrons. The van der Waals surface area contributed by atoms with Crippen molar-refractivity contribution < 1.29 is 12.8 Å². The van der Waals surface area contributed by atoms with E-state index in [2.05, 4.69) is 4.72 Å². The maximum atomic E-state index is 12.9. The number of sulfonamides is 1. The Morgan fingerprint density at radius 3 is 2.76 bits per heavy atom. The third-order valence-corrected chi connectivity index (χ3v) is 3.90. The Balaban J connectivity index is 2.63. The molecule has 3 N–H and O–H groups in total. The van der Waals surface area contributed by atoms with Gasteiger partial charge in [0.05, 0.1) is 4.90 Å². The second-order valence-electron chi connectivity index (χ2n) is 3.81. The molecule has 0 amide bonds. The van der Waals surface area contributed by atoms with E-state index < -0.39 is 15.8 Å². The van der Waals surface area contributed by atoms with Crippen LogP contribution in [-0.4, -0.2) is 21.0 Å². The second-order valence-corrected chi connectivity index (χ2v) is 5.58. The summed E-state index contributed by atoms with van der Waals surface area (Å²) in [5, 5.41) is 0. The van der Waals surface area contributed by atoms with Crippen LogP contribution in [0.25, 0.3) is 0 Å². The van der Waals surface area contributed by atoms with Crippen molar-refractivity contribution in [2.75, 3.05) is 6.54 Å². The highest BCUT2D eigenvalue weighted by Crippen LogP contribution is 2.10. The number of hydrogen-bond donors (Lipinski definition) is 2. The van der Waals surface area contributed by atoms with Crippen molar-refractivity contribution in [3.63, 3.8) is 0 Å². The Kier molecular flexibility index (Phi) is 5.04. The minimum atomic E-state index is -3.63. The van der Waals surface area contributed by atoms with E-state index in [4.69, 9.17) is 5.73 Å². The van der Waals surface area contributed by atoms with Gasteiger partial charge in [-0.15, -0.1) is 0 Å². The summed E-state index contributed by atoms with van der Waals surface area (Å²) in [6.07, 6.45) is 1.35. The lowest BCUT2D eigenvalue weighted by Crippen LogP contribution is -2.30. The monoisotopic (exact) mass is 260 g/mol. The third-order valence-electron chi connectivity index (χ3n) is 2.44. The largest absolute Gasteiger partial charge is 0.328 e. The number of benzene rings is 1. The zero-order chi connectivity index (χ0) is 12.9. The fraction of sp³-hybridized carbons (Fsp3) is 0.455. The van der Waals surface area contributed by atoms with Crippen molar-refractivity contribution in [2.45, 2.75) is 30.7 Å². The molecule has 1 rings (SSSR count). The number of nitrogens with two attached hydrogens (primary N) is 1. The van der Waals surface area contributed by atoms with Crippen molar-refractivity contribution in [1.29, 1.82) is 0 Å². The zero-order valence-corrected chi connectivity index (χ0v) is 10.5. The Bertz CT molecular complexity index is 462. The summed E-state index contributed by atoms with van der Waals surface area (Å²) >= 11 is 0. The van der Waals surface area contributed by atoms with Gasteiger partial charge in [-0.25, -0.2) is 17.5 Å². The zero-order valence-electron chi connectivity index (χ0n) is 9.69. The van der Waals surface area contributed by atoms with Gasteiger partial charge in [-0.3, -0.25) is 0 Å². The van der Waals surface area contributed by atoms with E-state index in [0.717, 1.165) is 12.5 Å². The molecule has 17 heavy (non-hydrogen) atoms. The molecule has 0 spiro atoms. The quantitative estimate of drug-likeness (QED) is 0.808. The molecule has 0 aliphatic heterocycles. The van der Waals surface area contributed by atoms with Gasteiger partial charge in [-0.2, -0.15) is 0 Å². The van der Waals surface area contributed by atoms with Gasteiger partial charge in [0.1, 0.15) is 5.82 Å². The van der Waals surface area contributed by atoms with Gasteiger partial charge in [0.2, 0.25) is 10.0 Å². The molecule has 4 nitrogen and oxygen atoms in total. The molecule has 1 aromatic carbocycles. The van der Waals surface area contributed by atoms with Crippen LogP contribution in [0.2, 0.25) is 0 Å². The smallest absolute Gasteiger partial charge is 0.240 e. The molecule has 0 saturated heterocycles. The average Bonchev–Trinajstić information content (AvgIpc) is 2.28. The van der Waals surface area contributed by atoms with Crippen LogP contribution >= 0.6 is 0 Å². The first-order valence-corrected chi connectivity index (χ1v) is 6.95. The molecule has 96 valence electrons. The number of halogens is 1. The van der Waals surface area contributed by atoms with Gasteiger partial charge < -0.3 is 5.73 Å². The Labute approximate surface area is 101 Å². The molecule has 1 aromatic rings. The molecule has 0 aromatic heterocycles. The molecule has 0 fully saturated rings. The van der Waals surface area contributed by atoms with Crippen LogP contribution in [0.5, 0.6) is 0 Å². The fourth-order valence-corrected chi connectivity index (χ4v) is 2.38. The van der Waals surface area contributed by atoms with Gasteiger partial charge >= 0.3 is 0 Å². The molecule has 0 bridgehead atoms. The molecule has 0 aliphatic rings. The summed E-state index contributed by atoms with van der Waals surface area (Å²) in [6, 6.07) is 4.88. The fourth-order valence-electron chi connectivity index (χ4n) is 1.30. The molecule has 0 heterocycles. The van der Waals surface area contributed by atoms with E-state index in [-0.39, 0.29) is 17.5 Å². The SMILES string of the molecule is CCC(N)CCNS(=O)(=O)c1cccc(F)c1. The molecular formula is C11H17FN2O2S. The summed E-state index contributed by atoms with van der Waals surface area (Å²) in [4.78, 5) is -0.0671. The lowest BCUT2D eigenvalue weighted by molar-refractivity contribution is 0.556. The molecular weight excluding hydrogens is 243 g/mol. The average molecular weight is 260 g/mol. The standard InChI is InChI=1S/C11H17FN2O2S/c1-2-10(13)6-7-14-17(15,16)11-5-3-4-9(12)8-11/h3-5,8,10,14H,2,6-7,13H2,1H3. The van der Waals surface area contributed by atoms with E-state index in [9.17, 15) is 12.8 Å². The van der Waals surface area contributed by atoms with Crippen molar-refractivity contribution in [3.8, 4) is 0 Å². The van der Waals surface area contributed by atoms with Crippen molar-refractivity contribution >= 4 is 10.0 Å². The van der Waals surface area contributed by atoms with Gasteiger partial charge in [0.25, 0.3) is 0 Å². The molecule has 1 unspecified atom stereocenters. The summed E-state index contributed by atoms with van der Waals surface area (Å²) in [5.74, 6) is -0.571. The van der Waals surface area contributed by atoms with Crippen LogP contribution in [0, 0.1) is 5.82 Å². The van der Waals surface area contributed by atoms with Gasteiger partial charge in [0.15, 0.2) is 0 Å². The summed E-state index contributed by atoms with van der Waals surface area (Å²) < 4.78 is 38.8. The number of rotatable bonds is 6. The minimum absolute atomic E-state index is 0.0230. The van der Waals surface area contributed by atoms with Gasteiger partial charge in [-0.05, 0) is 31.0 Å². The first-order valence-electron chi connectivity index (χ1n) is 5.46. The number of nitrogens with one attached hydrogen (secondary N) is 1.